The number of ether oxygens (including phenoxy) is 2. The van der Waals surface area contributed by atoms with Crippen molar-refractivity contribution in [1.29, 1.82) is 0 Å². The van der Waals surface area contributed by atoms with E-state index in [0.717, 1.165) is 23.8 Å². The van der Waals surface area contributed by atoms with Gasteiger partial charge in [0.15, 0.2) is 5.82 Å². The zero-order valence-corrected chi connectivity index (χ0v) is 22.5. The Morgan fingerprint density at radius 2 is 1.76 bits per heavy atom. The van der Waals surface area contributed by atoms with Gasteiger partial charge in [0.05, 0.1) is 36.2 Å². The van der Waals surface area contributed by atoms with E-state index in [4.69, 9.17) is 21.1 Å². The number of methoxy groups -OCH3 is 2. The highest BCUT2D eigenvalue weighted by atomic mass is 35.5. The molecule has 2 amide bonds. The van der Waals surface area contributed by atoms with Crippen LogP contribution in [0.3, 0.4) is 0 Å². The SMILES string of the molecule is COc1ccc(CNc2n[nH]cc2NCc2cc(F)cc(NC(=O)Nc3ccc(C(F)(F)F)cc3Cl)c2)c(OC)c1. The lowest BCUT2D eigenvalue weighted by atomic mass is 10.2. The molecule has 3 aromatic carbocycles. The van der Waals surface area contributed by atoms with Crippen LogP contribution in [0.15, 0.2) is 60.8 Å². The zero-order chi connectivity index (χ0) is 29.6. The van der Waals surface area contributed by atoms with Crippen LogP contribution >= 0.6 is 11.6 Å². The molecule has 1 heterocycles. The van der Waals surface area contributed by atoms with Crippen LogP contribution in [-0.2, 0) is 19.3 Å². The molecule has 4 aromatic rings. The number of nitrogens with one attached hydrogen (secondary N) is 5. The lowest BCUT2D eigenvalue weighted by Gasteiger charge is -2.13. The van der Waals surface area contributed by atoms with Crippen LogP contribution in [0.5, 0.6) is 11.5 Å². The van der Waals surface area contributed by atoms with E-state index in [2.05, 4.69) is 31.5 Å². The van der Waals surface area contributed by atoms with Crippen molar-refractivity contribution in [1.82, 2.24) is 10.2 Å². The molecule has 0 radical (unpaired) electrons. The van der Waals surface area contributed by atoms with Gasteiger partial charge in [0.25, 0.3) is 0 Å². The minimum Gasteiger partial charge on any atom is -0.497 e. The molecule has 0 aliphatic carbocycles. The number of halogens is 5. The number of carbonyl (C=O) groups excluding carboxylic acids is 1. The summed E-state index contributed by atoms with van der Waals surface area (Å²) < 4.78 is 63.5. The van der Waals surface area contributed by atoms with E-state index in [1.165, 1.54) is 6.07 Å². The van der Waals surface area contributed by atoms with E-state index in [9.17, 15) is 22.4 Å². The number of hydrogen-bond donors (Lipinski definition) is 5. The molecule has 14 heteroatoms. The monoisotopic (exact) mass is 592 g/mol. The third-order valence-electron chi connectivity index (χ3n) is 5.82. The smallest absolute Gasteiger partial charge is 0.416 e. The predicted molar refractivity (Wildman–Crippen MR) is 148 cm³/mol. The molecule has 0 spiro atoms. The number of carbonyl (C=O) groups is 1. The number of anilines is 4. The molecular weight excluding hydrogens is 568 g/mol. The second-order valence-corrected chi connectivity index (χ2v) is 9.06. The molecule has 4 rings (SSSR count). The number of nitrogens with zero attached hydrogens (tertiary/aromatic N) is 1. The number of aromatic nitrogens is 2. The Morgan fingerprint density at radius 3 is 2.46 bits per heavy atom. The number of alkyl halides is 3. The van der Waals surface area contributed by atoms with Crippen molar-refractivity contribution in [3.63, 3.8) is 0 Å². The van der Waals surface area contributed by atoms with Crippen LogP contribution in [0.2, 0.25) is 5.02 Å². The normalized spacial score (nSPS) is 11.1. The summed E-state index contributed by atoms with van der Waals surface area (Å²) in [4.78, 5) is 12.4. The maximum atomic E-state index is 14.3. The number of hydrogen-bond acceptors (Lipinski definition) is 6. The highest BCUT2D eigenvalue weighted by Crippen LogP contribution is 2.34. The number of amides is 2. The largest absolute Gasteiger partial charge is 0.497 e. The first-order valence-electron chi connectivity index (χ1n) is 12.0. The molecule has 0 fully saturated rings. The second-order valence-electron chi connectivity index (χ2n) is 8.65. The number of urea groups is 1. The average molecular weight is 593 g/mol. The summed E-state index contributed by atoms with van der Waals surface area (Å²) in [5.74, 6) is 1.22. The molecule has 0 aliphatic heterocycles. The molecule has 0 unspecified atom stereocenters. The van der Waals surface area contributed by atoms with Crippen molar-refractivity contribution in [2.24, 2.45) is 0 Å². The molecule has 5 N–H and O–H groups in total. The molecule has 0 bridgehead atoms. The van der Waals surface area contributed by atoms with Crippen LogP contribution in [0.4, 0.5) is 45.2 Å². The van der Waals surface area contributed by atoms with Crippen molar-refractivity contribution in [3.8, 4) is 11.5 Å². The number of benzene rings is 3. The van der Waals surface area contributed by atoms with Gasteiger partial charge in [-0.3, -0.25) is 5.10 Å². The van der Waals surface area contributed by atoms with Crippen molar-refractivity contribution in [2.45, 2.75) is 19.3 Å². The van der Waals surface area contributed by atoms with E-state index in [0.29, 0.717) is 41.2 Å². The fourth-order valence-corrected chi connectivity index (χ4v) is 4.06. The average Bonchev–Trinajstić information content (AvgIpc) is 3.38. The molecule has 216 valence electrons. The van der Waals surface area contributed by atoms with Crippen LogP contribution in [-0.4, -0.2) is 30.4 Å². The summed E-state index contributed by atoms with van der Waals surface area (Å²) in [6, 6.07) is 11.1. The van der Waals surface area contributed by atoms with Crippen LogP contribution in [0, 0.1) is 5.82 Å². The van der Waals surface area contributed by atoms with Crippen molar-refractivity contribution in [2.75, 3.05) is 35.5 Å². The molecule has 0 atom stereocenters. The van der Waals surface area contributed by atoms with E-state index >= 15 is 0 Å². The first-order chi connectivity index (χ1) is 19.5. The summed E-state index contributed by atoms with van der Waals surface area (Å²) in [6.45, 7) is 0.581. The molecule has 0 aliphatic rings. The van der Waals surface area contributed by atoms with Crippen molar-refractivity contribution in [3.05, 3.63) is 88.3 Å². The highest BCUT2D eigenvalue weighted by molar-refractivity contribution is 6.33. The Kier molecular flexibility index (Phi) is 9.07. The number of aromatic amines is 1. The van der Waals surface area contributed by atoms with Gasteiger partial charge in [-0.05, 0) is 54.1 Å². The first-order valence-corrected chi connectivity index (χ1v) is 12.4. The first kappa shape index (κ1) is 29.3. The van der Waals surface area contributed by atoms with Gasteiger partial charge in [-0.1, -0.05) is 11.6 Å². The number of rotatable bonds is 10. The maximum Gasteiger partial charge on any atom is 0.416 e. The second kappa shape index (κ2) is 12.7. The fourth-order valence-electron chi connectivity index (χ4n) is 3.84. The van der Waals surface area contributed by atoms with E-state index in [-0.39, 0.29) is 22.9 Å². The van der Waals surface area contributed by atoms with Crippen LogP contribution < -0.4 is 30.7 Å². The van der Waals surface area contributed by atoms with Gasteiger partial charge >= 0.3 is 12.2 Å². The summed E-state index contributed by atoms with van der Waals surface area (Å²) in [7, 11) is 3.13. The van der Waals surface area contributed by atoms with Gasteiger partial charge in [0.2, 0.25) is 0 Å². The zero-order valence-electron chi connectivity index (χ0n) is 21.7. The summed E-state index contributed by atoms with van der Waals surface area (Å²) >= 11 is 5.89. The molecule has 1 aromatic heterocycles. The minimum atomic E-state index is -4.58. The van der Waals surface area contributed by atoms with Crippen molar-refractivity contribution >= 4 is 40.5 Å². The Bertz CT molecular complexity index is 1530. The van der Waals surface area contributed by atoms with E-state index in [1.54, 1.807) is 32.5 Å². The van der Waals surface area contributed by atoms with Crippen molar-refractivity contribution < 1.29 is 31.8 Å². The van der Waals surface area contributed by atoms with Crippen LogP contribution in [0.1, 0.15) is 16.7 Å². The van der Waals surface area contributed by atoms with Gasteiger partial charge in [-0.15, -0.1) is 0 Å². The van der Waals surface area contributed by atoms with Gasteiger partial charge < -0.3 is 30.7 Å². The standard InChI is InChI=1S/C27H25ClF4N6O3/c1-40-20-5-3-16(24(11-20)41-2)13-34-25-23(14-35-38-25)33-12-15-7-18(29)10-19(8-15)36-26(39)37-22-6-4-17(9-21(22)28)27(30,31)32/h3-11,14,33H,12-13H2,1-2H3,(H2,34,35,38)(H2,36,37,39). The summed E-state index contributed by atoms with van der Waals surface area (Å²) in [5.41, 5.74) is 1.12. The topological polar surface area (TPSA) is 112 Å². The third kappa shape index (κ3) is 7.72. The fraction of sp³-hybridized carbons (Fsp3) is 0.185. The Labute approximate surface area is 237 Å². The quantitative estimate of drug-likeness (QED) is 0.126. The van der Waals surface area contributed by atoms with E-state index < -0.39 is 23.6 Å². The maximum absolute atomic E-state index is 14.3. The summed E-state index contributed by atoms with van der Waals surface area (Å²) in [5, 5.41) is 17.8. The van der Waals surface area contributed by atoms with Gasteiger partial charge in [0, 0.05) is 36.6 Å². The third-order valence-corrected chi connectivity index (χ3v) is 6.14. The molecule has 0 saturated heterocycles. The van der Waals surface area contributed by atoms with Gasteiger partial charge in [-0.25, -0.2) is 9.18 Å². The van der Waals surface area contributed by atoms with Gasteiger partial charge in [-0.2, -0.15) is 18.3 Å². The molecular formula is C27H25ClF4N6O3. The van der Waals surface area contributed by atoms with E-state index in [1.807, 2.05) is 12.1 Å². The Balaban J connectivity index is 1.37. The Morgan fingerprint density at radius 1 is 0.951 bits per heavy atom. The van der Waals surface area contributed by atoms with Gasteiger partial charge in [0.1, 0.15) is 17.3 Å². The molecule has 41 heavy (non-hydrogen) atoms. The lowest BCUT2D eigenvalue weighted by molar-refractivity contribution is -0.137. The lowest BCUT2D eigenvalue weighted by Crippen LogP contribution is -2.20. The predicted octanol–water partition coefficient (Wildman–Crippen LogP) is 7.11. The molecule has 0 saturated carbocycles. The molecule has 9 nitrogen and oxygen atoms in total. The van der Waals surface area contributed by atoms with Crippen LogP contribution in [0.25, 0.3) is 0 Å². The minimum absolute atomic E-state index is 0.0392. The highest BCUT2D eigenvalue weighted by Gasteiger charge is 2.31. The number of H-pyrrole nitrogens is 1. The Hall–Kier alpha value is -4.65. The summed E-state index contributed by atoms with van der Waals surface area (Å²) in [6.07, 6.45) is -2.94.